The van der Waals surface area contributed by atoms with Crippen LogP contribution < -0.4 is 5.32 Å². The summed E-state index contributed by atoms with van der Waals surface area (Å²) in [5, 5.41) is 16.6. The number of aliphatic hydroxyl groups excluding tert-OH is 1. The van der Waals surface area contributed by atoms with Crippen LogP contribution in [0.4, 0.5) is 0 Å². The first-order valence-electron chi connectivity index (χ1n) is 6.61. The van der Waals surface area contributed by atoms with Crippen LogP contribution in [-0.2, 0) is 12.0 Å². The molecule has 0 saturated heterocycles. The Morgan fingerprint density at radius 1 is 1.47 bits per heavy atom. The van der Waals surface area contributed by atoms with Crippen LogP contribution in [0.2, 0.25) is 0 Å². The van der Waals surface area contributed by atoms with E-state index in [1.54, 1.807) is 11.3 Å². The molecule has 0 saturated carbocycles. The first kappa shape index (κ1) is 12.8. The van der Waals surface area contributed by atoms with E-state index in [1.807, 2.05) is 17.6 Å². The maximum absolute atomic E-state index is 9.93. The fourth-order valence-electron chi connectivity index (χ4n) is 2.97. The van der Waals surface area contributed by atoms with Crippen LogP contribution in [0.15, 0.2) is 35.8 Å². The second-order valence-electron chi connectivity index (χ2n) is 5.13. The predicted octanol–water partition coefficient (Wildman–Crippen LogP) is 2.63. The Balaban J connectivity index is 1.89. The van der Waals surface area contributed by atoms with Crippen molar-refractivity contribution in [2.75, 3.05) is 6.61 Å². The van der Waals surface area contributed by atoms with Gasteiger partial charge in [0, 0.05) is 11.6 Å². The van der Waals surface area contributed by atoms with Crippen LogP contribution in [0.1, 0.15) is 35.5 Å². The van der Waals surface area contributed by atoms with E-state index in [1.165, 1.54) is 11.1 Å². The van der Waals surface area contributed by atoms with E-state index in [0.29, 0.717) is 0 Å². The summed E-state index contributed by atoms with van der Waals surface area (Å²) in [6, 6.07) is 8.54. The average Bonchev–Trinajstić information content (AvgIpc) is 3.08. The van der Waals surface area contributed by atoms with Gasteiger partial charge in [0.1, 0.15) is 5.01 Å². The molecule has 19 heavy (non-hydrogen) atoms. The highest BCUT2D eigenvalue weighted by atomic mass is 32.1. The SMILES string of the molecule is CC(NC1(CO)CCc2ccccc21)c1nccs1. The van der Waals surface area contributed by atoms with Crippen LogP contribution in [0, 0.1) is 0 Å². The molecule has 2 unspecified atom stereocenters. The number of aryl methyl sites for hydroxylation is 1. The van der Waals surface area contributed by atoms with E-state index in [9.17, 15) is 5.11 Å². The Labute approximate surface area is 117 Å². The number of aliphatic hydroxyl groups is 1. The Morgan fingerprint density at radius 3 is 3.05 bits per heavy atom. The summed E-state index contributed by atoms with van der Waals surface area (Å²) in [7, 11) is 0. The topological polar surface area (TPSA) is 45.1 Å². The summed E-state index contributed by atoms with van der Waals surface area (Å²) < 4.78 is 0. The first-order chi connectivity index (χ1) is 9.25. The molecule has 0 amide bonds. The third-order valence-electron chi connectivity index (χ3n) is 3.94. The highest BCUT2D eigenvalue weighted by Crippen LogP contribution is 2.38. The zero-order valence-electron chi connectivity index (χ0n) is 11.0. The van der Waals surface area contributed by atoms with Gasteiger partial charge in [0.25, 0.3) is 0 Å². The van der Waals surface area contributed by atoms with Crippen molar-refractivity contribution in [2.24, 2.45) is 0 Å². The molecule has 4 heteroatoms. The third-order valence-corrected chi connectivity index (χ3v) is 4.90. The van der Waals surface area contributed by atoms with Gasteiger partial charge in [-0.05, 0) is 30.9 Å². The number of hydrogen-bond acceptors (Lipinski definition) is 4. The van der Waals surface area contributed by atoms with Crippen molar-refractivity contribution in [3.63, 3.8) is 0 Å². The number of hydrogen-bond donors (Lipinski definition) is 2. The molecule has 1 aliphatic carbocycles. The lowest BCUT2D eigenvalue weighted by atomic mass is 9.92. The van der Waals surface area contributed by atoms with Gasteiger partial charge in [-0.15, -0.1) is 11.3 Å². The quantitative estimate of drug-likeness (QED) is 0.901. The molecular weight excluding hydrogens is 256 g/mol. The molecule has 2 N–H and O–H groups in total. The standard InChI is InChI=1S/C15H18N2OS/c1-11(14-16-8-9-19-14)17-15(10-18)7-6-12-4-2-3-5-13(12)15/h2-5,8-9,11,17-18H,6-7,10H2,1H3. The molecule has 0 bridgehead atoms. The monoisotopic (exact) mass is 274 g/mol. The predicted molar refractivity (Wildman–Crippen MR) is 77.2 cm³/mol. The second kappa shape index (κ2) is 5.04. The van der Waals surface area contributed by atoms with E-state index in [-0.39, 0.29) is 18.2 Å². The van der Waals surface area contributed by atoms with Crippen molar-refractivity contribution in [3.05, 3.63) is 52.0 Å². The maximum Gasteiger partial charge on any atom is 0.109 e. The summed E-state index contributed by atoms with van der Waals surface area (Å²) in [6.07, 6.45) is 3.79. The fourth-order valence-corrected chi connectivity index (χ4v) is 3.62. The molecule has 1 aromatic heterocycles. The molecule has 1 heterocycles. The average molecular weight is 274 g/mol. The summed E-state index contributed by atoms with van der Waals surface area (Å²) in [6.45, 7) is 2.23. The van der Waals surface area contributed by atoms with E-state index in [4.69, 9.17) is 0 Å². The van der Waals surface area contributed by atoms with E-state index < -0.39 is 0 Å². The summed E-state index contributed by atoms with van der Waals surface area (Å²) in [4.78, 5) is 4.35. The summed E-state index contributed by atoms with van der Waals surface area (Å²) in [5.41, 5.74) is 2.26. The first-order valence-corrected chi connectivity index (χ1v) is 7.49. The number of benzene rings is 1. The number of aromatic nitrogens is 1. The normalized spacial score (nSPS) is 23.3. The lowest BCUT2D eigenvalue weighted by molar-refractivity contribution is 0.149. The molecule has 1 aliphatic rings. The van der Waals surface area contributed by atoms with Gasteiger partial charge < -0.3 is 5.11 Å². The Kier molecular flexibility index (Phi) is 3.39. The minimum Gasteiger partial charge on any atom is -0.394 e. The molecule has 1 aromatic carbocycles. The number of nitrogens with zero attached hydrogens (tertiary/aromatic N) is 1. The Hall–Kier alpha value is -1.23. The van der Waals surface area contributed by atoms with Gasteiger partial charge >= 0.3 is 0 Å². The number of thiazole rings is 1. The summed E-state index contributed by atoms with van der Waals surface area (Å²) >= 11 is 1.65. The number of fused-ring (bicyclic) bond motifs is 1. The highest BCUT2D eigenvalue weighted by Gasteiger charge is 2.39. The Bertz CT molecular complexity index is 555. The largest absolute Gasteiger partial charge is 0.394 e. The fraction of sp³-hybridized carbons (Fsp3) is 0.400. The molecule has 3 rings (SSSR count). The molecule has 3 nitrogen and oxygen atoms in total. The van der Waals surface area contributed by atoms with Crippen molar-refractivity contribution in [2.45, 2.75) is 31.3 Å². The lowest BCUT2D eigenvalue weighted by Gasteiger charge is -2.32. The van der Waals surface area contributed by atoms with Gasteiger partial charge in [-0.25, -0.2) is 4.98 Å². The molecule has 100 valence electrons. The van der Waals surface area contributed by atoms with Crippen molar-refractivity contribution >= 4 is 11.3 Å². The minimum absolute atomic E-state index is 0.125. The maximum atomic E-state index is 9.93. The van der Waals surface area contributed by atoms with E-state index in [0.717, 1.165) is 17.8 Å². The van der Waals surface area contributed by atoms with Crippen LogP contribution >= 0.6 is 11.3 Å². The van der Waals surface area contributed by atoms with Crippen LogP contribution in [0.3, 0.4) is 0 Å². The van der Waals surface area contributed by atoms with Gasteiger partial charge in [0.2, 0.25) is 0 Å². The molecule has 2 atom stereocenters. The molecule has 0 aliphatic heterocycles. The molecule has 2 aromatic rings. The third kappa shape index (κ3) is 2.20. The van der Waals surface area contributed by atoms with Crippen LogP contribution in [0.5, 0.6) is 0 Å². The number of rotatable bonds is 4. The van der Waals surface area contributed by atoms with Crippen LogP contribution in [-0.4, -0.2) is 16.7 Å². The zero-order chi connectivity index (χ0) is 13.3. The Morgan fingerprint density at radius 2 is 2.32 bits per heavy atom. The molecule has 0 radical (unpaired) electrons. The summed E-state index contributed by atoms with van der Waals surface area (Å²) in [5.74, 6) is 0. The zero-order valence-corrected chi connectivity index (χ0v) is 11.8. The smallest absolute Gasteiger partial charge is 0.109 e. The highest BCUT2D eigenvalue weighted by molar-refractivity contribution is 7.09. The number of nitrogens with one attached hydrogen (secondary N) is 1. The van der Waals surface area contributed by atoms with Gasteiger partial charge in [-0.2, -0.15) is 0 Å². The van der Waals surface area contributed by atoms with E-state index in [2.05, 4.69) is 35.4 Å². The second-order valence-corrected chi connectivity index (χ2v) is 6.06. The van der Waals surface area contributed by atoms with Crippen molar-refractivity contribution in [1.82, 2.24) is 10.3 Å². The van der Waals surface area contributed by atoms with Gasteiger partial charge in [0.05, 0.1) is 18.2 Å². The lowest BCUT2D eigenvalue weighted by Crippen LogP contribution is -2.45. The minimum atomic E-state index is -0.318. The molecule has 0 spiro atoms. The molecule has 0 fully saturated rings. The van der Waals surface area contributed by atoms with Gasteiger partial charge in [-0.1, -0.05) is 24.3 Å². The van der Waals surface area contributed by atoms with Crippen molar-refractivity contribution in [1.29, 1.82) is 0 Å². The van der Waals surface area contributed by atoms with Gasteiger partial charge in [0.15, 0.2) is 0 Å². The van der Waals surface area contributed by atoms with Crippen molar-refractivity contribution in [3.8, 4) is 0 Å². The van der Waals surface area contributed by atoms with Gasteiger partial charge in [-0.3, -0.25) is 5.32 Å². The van der Waals surface area contributed by atoms with Crippen molar-refractivity contribution < 1.29 is 5.11 Å². The molecular formula is C15H18N2OS. The van der Waals surface area contributed by atoms with Crippen LogP contribution in [0.25, 0.3) is 0 Å². The van der Waals surface area contributed by atoms with E-state index >= 15 is 0 Å².